The van der Waals surface area contributed by atoms with Crippen LogP contribution < -0.4 is 21.2 Å². The van der Waals surface area contributed by atoms with Crippen molar-refractivity contribution in [1.29, 1.82) is 0 Å². The predicted molar refractivity (Wildman–Crippen MR) is 151 cm³/mol. The van der Waals surface area contributed by atoms with E-state index < -0.39 is 15.8 Å². The van der Waals surface area contributed by atoms with Crippen LogP contribution in [0.4, 0.5) is 0 Å². The van der Waals surface area contributed by atoms with Crippen LogP contribution in [0.2, 0.25) is 0 Å². The molecular formula is C31H32P2. The van der Waals surface area contributed by atoms with Gasteiger partial charge in [-0.3, -0.25) is 0 Å². The molecule has 0 aromatic heterocycles. The van der Waals surface area contributed by atoms with Gasteiger partial charge in [0.05, 0.1) is 0 Å². The van der Waals surface area contributed by atoms with Gasteiger partial charge in [-0.15, -0.1) is 6.58 Å². The highest BCUT2D eigenvalue weighted by Gasteiger charge is 2.32. The molecule has 0 aliphatic rings. The second-order valence-electron chi connectivity index (χ2n) is 8.82. The lowest BCUT2D eigenvalue weighted by Crippen LogP contribution is -2.31. The Balaban J connectivity index is 1.72. The molecular weight excluding hydrogens is 434 g/mol. The summed E-state index contributed by atoms with van der Waals surface area (Å²) in [5.74, 6) is 0. The zero-order chi connectivity index (χ0) is 22.9. The third-order valence-electron chi connectivity index (χ3n) is 5.99. The highest BCUT2D eigenvalue weighted by atomic mass is 31.1. The molecule has 0 saturated carbocycles. The fourth-order valence-electron chi connectivity index (χ4n) is 4.39. The molecule has 0 nitrogen and oxygen atoms in total. The summed E-state index contributed by atoms with van der Waals surface area (Å²) in [5, 5.41) is 5.82. The standard InChI is InChI=1S/C31H32P2/c1-3-24-31(2,25-32(27-16-8-4-9-17-27)28-18-10-5-11-19-28)26-33(29-20-12-6-13-21-29)30-22-14-7-15-23-30/h3-23H,1,24-26H2,2H3. The van der Waals surface area contributed by atoms with Crippen molar-refractivity contribution in [2.75, 3.05) is 12.3 Å². The van der Waals surface area contributed by atoms with Crippen molar-refractivity contribution in [1.82, 2.24) is 0 Å². The average Bonchev–Trinajstić information content (AvgIpc) is 2.88. The molecule has 0 atom stereocenters. The molecule has 4 aromatic rings. The van der Waals surface area contributed by atoms with Crippen molar-refractivity contribution < 1.29 is 0 Å². The van der Waals surface area contributed by atoms with E-state index in [0.717, 1.165) is 18.7 Å². The quantitative estimate of drug-likeness (QED) is 0.177. The summed E-state index contributed by atoms with van der Waals surface area (Å²) < 4.78 is 0. The molecule has 2 heteroatoms. The summed E-state index contributed by atoms with van der Waals surface area (Å²) in [6, 6.07) is 44.4. The Hall–Kier alpha value is -2.52. The van der Waals surface area contributed by atoms with Gasteiger partial charge < -0.3 is 0 Å². The van der Waals surface area contributed by atoms with Gasteiger partial charge in [0.1, 0.15) is 0 Å². The lowest BCUT2D eigenvalue weighted by Gasteiger charge is -2.37. The van der Waals surface area contributed by atoms with Crippen molar-refractivity contribution in [2.45, 2.75) is 13.3 Å². The van der Waals surface area contributed by atoms with Gasteiger partial charge in [0.2, 0.25) is 0 Å². The van der Waals surface area contributed by atoms with Crippen molar-refractivity contribution in [3.63, 3.8) is 0 Å². The molecule has 0 fully saturated rings. The van der Waals surface area contributed by atoms with Crippen LogP contribution in [-0.2, 0) is 0 Å². The maximum Gasteiger partial charge on any atom is -0.0184 e. The lowest BCUT2D eigenvalue weighted by atomic mass is 9.92. The Morgan fingerprint density at radius 1 is 0.545 bits per heavy atom. The average molecular weight is 467 g/mol. The van der Waals surface area contributed by atoms with Crippen LogP contribution in [0, 0.1) is 5.41 Å². The van der Waals surface area contributed by atoms with Gasteiger partial charge in [0.25, 0.3) is 0 Å². The maximum absolute atomic E-state index is 4.17. The van der Waals surface area contributed by atoms with E-state index in [2.05, 4.69) is 141 Å². The largest absolute Gasteiger partial charge is 0.103 e. The van der Waals surface area contributed by atoms with Gasteiger partial charge in [0, 0.05) is 0 Å². The van der Waals surface area contributed by atoms with Crippen LogP contribution in [0.25, 0.3) is 0 Å². The first-order valence-electron chi connectivity index (χ1n) is 11.5. The second-order valence-corrected chi connectivity index (χ2v) is 13.2. The minimum absolute atomic E-state index is 0.149. The molecule has 0 spiro atoms. The smallest absolute Gasteiger partial charge is 0.0184 e. The molecule has 4 aromatic carbocycles. The molecule has 33 heavy (non-hydrogen) atoms. The molecule has 0 heterocycles. The van der Waals surface area contributed by atoms with E-state index >= 15 is 0 Å². The molecule has 0 amide bonds. The Bertz CT molecular complexity index is 945. The first-order valence-corrected chi connectivity index (χ1v) is 14.6. The van der Waals surface area contributed by atoms with Gasteiger partial charge in [-0.1, -0.05) is 134 Å². The SMILES string of the molecule is C=CCC(C)(CP(c1ccccc1)c1ccccc1)CP(c1ccccc1)c1ccccc1. The summed E-state index contributed by atoms with van der Waals surface area (Å²) in [7, 11) is -0.912. The first kappa shape index (κ1) is 23.6. The van der Waals surface area contributed by atoms with Crippen molar-refractivity contribution in [2.24, 2.45) is 5.41 Å². The van der Waals surface area contributed by atoms with Crippen LogP contribution in [0.15, 0.2) is 134 Å². The van der Waals surface area contributed by atoms with Crippen LogP contribution >= 0.6 is 15.8 Å². The summed E-state index contributed by atoms with van der Waals surface area (Å²) in [6.45, 7) is 6.65. The molecule has 0 unspecified atom stereocenters. The number of hydrogen-bond donors (Lipinski definition) is 0. The molecule has 0 aliphatic heterocycles. The zero-order valence-electron chi connectivity index (χ0n) is 19.3. The number of rotatable bonds is 10. The van der Waals surface area contributed by atoms with E-state index in [1.54, 1.807) is 0 Å². The van der Waals surface area contributed by atoms with Crippen molar-refractivity contribution in [3.8, 4) is 0 Å². The summed E-state index contributed by atoms with van der Waals surface area (Å²) >= 11 is 0. The molecule has 0 N–H and O–H groups in total. The van der Waals surface area contributed by atoms with E-state index in [-0.39, 0.29) is 5.41 Å². The van der Waals surface area contributed by atoms with E-state index in [4.69, 9.17) is 0 Å². The third kappa shape index (κ3) is 6.29. The summed E-state index contributed by atoms with van der Waals surface area (Å²) in [5.41, 5.74) is 0.149. The van der Waals surface area contributed by atoms with Gasteiger partial charge >= 0.3 is 0 Å². The molecule has 0 aliphatic carbocycles. The van der Waals surface area contributed by atoms with E-state index in [1.165, 1.54) is 21.2 Å². The molecule has 4 rings (SSSR count). The minimum Gasteiger partial charge on any atom is -0.103 e. The topological polar surface area (TPSA) is 0 Å². The lowest BCUT2D eigenvalue weighted by molar-refractivity contribution is 0.438. The Labute approximate surface area is 201 Å². The fourth-order valence-corrected chi connectivity index (χ4v) is 10.0. The van der Waals surface area contributed by atoms with E-state index in [1.807, 2.05) is 0 Å². The van der Waals surface area contributed by atoms with E-state index in [0.29, 0.717) is 0 Å². The number of benzene rings is 4. The second kappa shape index (κ2) is 11.6. The molecule has 0 radical (unpaired) electrons. The molecule has 166 valence electrons. The number of hydrogen-bond acceptors (Lipinski definition) is 0. The van der Waals surface area contributed by atoms with Gasteiger partial charge in [0.15, 0.2) is 0 Å². The van der Waals surface area contributed by atoms with Crippen LogP contribution in [-0.4, -0.2) is 12.3 Å². The third-order valence-corrected chi connectivity index (χ3v) is 11.8. The van der Waals surface area contributed by atoms with Crippen LogP contribution in [0.3, 0.4) is 0 Å². The van der Waals surface area contributed by atoms with Gasteiger partial charge in [-0.2, -0.15) is 0 Å². The normalized spacial score (nSPS) is 11.6. The van der Waals surface area contributed by atoms with Crippen molar-refractivity contribution >= 4 is 37.1 Å². The van der Waals surface area contributed by atoms with Crippen LogP contribution in [0.5, 0.6) is 0 Å². The Morgan fingerprint density at radius 3 is 1.06 bits per heavy atom. The molecule has 0 saturated heterocycles. The van der Waals surface area contributed by atoms with Crippen molar-refractivity contribution in [3.05, 3.63) is 134 Å². The van der Waals surface area contributed by atoms with Gasteiger partial charge in [-0.25, -0.2) is 0 Å². The highest BCUT2D eigenvalue weighted by Crippen LogP contribution is 2.48. The Kier molecular flexibility index (Phi) is 8.28. The minimum atomic E-state index is -0.456. The zero-order valence-corrected chi connectivity index (χ0v) is 21.1. The highest BCUT2D eigenvalue weighted by molar-refractivity contribution is 7.74. The first-order chi connectivity index (χ1) is 16.2. The maximum atomic E-state index is 4.17. The van der Waals surface area contributed by atoms with Crippen LogP contribution in [0.1, 0.15) is 13.3 Å². The van der Waals surface area contributed by atoms with Gasteiger partial charge in [-0.05, 0) is 61.2 Å². The monoisotopic (exact) mass is 466 g/mol. The predicted octanol–water partition coefficient (Wildman–Crippen LogP) is 6.83. The Morgan fingerprint density at radius 2 is 0.818 bits per heavy atom. The fraction of sp³-hybridized carbons (Fsp3) is 0.161. The molecule has 0 bridgehead atoms. The summed E-state index contributed by atoms with van der Waals surface area (Å²) in [4.78, 5) is 0. The summed E-state index contributed by atoms with van der Waals surface area (Å²) in [6.07, 6.45) is 5.46. The number of allylic oxidation sites excluding steroid dienone is 1. The van der Waals surface area contributed by atoms with E-state index in [9.17, 15) is 0 Å².